The van der Waals surface area contributed by atoms with Gasteiger partial charge in [0.2, 0.25) is 0 Å². The van der Waals surface area contributed by atoms with Crippen molar-refractivity contribution in [3.8, 4) is 0 Å². The molecule has 5 atom stereocenters. The molecule has 0 aromatic heterocycles. The number of hydrogen-bond donors (Lipinski definition) is 1. The molecular weight excluding hydrogens is 284 g/mol. The summed E-state index contributed by atoms with van der Waals surface area (Å²) in [6.45, 7) is 22.8. The molecule has 23 heavy (non-hydrogen) atoms. The molecule has 1 N–H and O–H groups in total. The van der Waals surface area contributed by atoms with Gasteiger partial charge in [0.25, 0.3) is 0 Å². The van der Waals surface area contributed by atoms with Crippen molar-refractivity contribution in [2.75, 3.05) is 45.8 Å². The van der Waals surface area contributed by atoms with E-state index in [1.165, 1.54) is 50.2 Å². The van der Waals surface area contributed by atoms with Gasteiger partial charge in [-0.15, -0.1) is 0 Å². The van der Waals surface area contributed by atoms with Crippen LogP contribution >= 0.6 is 0 Å². The zero-order valence-electron chi connectivity index (χ0n) is 16.6. The lowest BCUT2D eigenvalue weighted by Gasteiger charge is -2.39. The Bertz CT molecular complexity index is 364. The maximum atomic E-state index is 10.9. The Hall–Kier alpha value is -0.120. The smallest absolute Gasteiger partial charge is 0.190 e. The SMILES string of the molecule is CC[N+]1(CCCC(O)[N+]2(CC)CC(C)C(C)C2)CC(C)C(C)C1. The second-order valence-corrected chi connectivity index (χ2v) is 9.18. The molecule has 2 heterocycles. The van der Waals surface area contributed by atoms with E-state index in [9.17, 15) is 5.11 Å². The van der Waals surface area contributed by atoms with E-state index in [2.05, 4.69) is 41.5 Å². The monoisotopic (exact) mass is 326 g/mol. The van der Waals surface area contributed by atoms with Crippen LogP contribution in [0.5, 0.6) is 0 Å². The minimum absolute atomic E-state index is 0.151. The Morgan fingerprint density at radius 2 is 1.30 bits per heavy atom. The number of likely N-dealkylation sites (tertiary alicyclic amines) is 2. The summed E-state index contributed by atoms with van der Waals surface area (Å²) in [6.07, 6.45) is 2.01. The largest absolute Gasteiger partial charge is 0.345 e. The Morgan fingerprint density at radius 1 is 0.826 bits per heavy atom. The van der Waals surface area contributed by atoms with Gasteiger partial charge in [-0.05, 0) is 13.8 Å². The first-order chi connectivity index (χ1) is 10.8. The lowest BCUT2D eigenvalue weighted by molar-refractivity contribution is -0.963. The summed E-state index contributed by atoms with van der Waals surface area (Å²) in [6, 6.07) is 0. The Labute approximate surface area is 144 Å². The molecular formula is C20H42N2O+2. The third-order valence-corrected chi connectivity index (χ3v) is 7.62. The molecule has 0 radical (unpaired) electrons. The van der Waals surface area contributed by atoms with Crippen molar-refractivity contribution in [3.63, 3.8) is 0 Å². The number of hydrogen-bond acceptors (Lipinski definition) is 1. The van der Waals surface area contributed by atoms with Crippen LogP contribution in [-0.4, -0.2) is 66.1 Å². The highest BCUT2D eigenvalue weighted by atomic mass is 16.3. The van der Waals surface area contributed by atoms with Crippen LogP contribution in [0.4, 0.5) is 0 Å². The molecule has 0 aromatic carbocycles. The molecule has 0 bridgehead atoms. The highest BCUT2D eigenvalue weighted by Gasteiger charge is 2.45. The second-order valence-electron chi connectivity index (χ2n) is 9.18. The first kappa shape index (κ1) is 19.2. The molecule has 5 unspecified atom stereocenters. The minimum atomic E-state index is -0.151. The van der Waals surface area contributed by atoms with Crippen molar-refractivity contribution in [2.24, 2.45) is 23.7 Å². The quantitative estimate of drug-likeness (QED) is 0.712. The fraction of sp³-hybridized carbons (Fsp3) is 1.00. The Morgan fingerprint density at radius 3 is 1.74 bits per heavy atom. The third kappa shape index (κ3) is 3.93. The van der Waals surface area contributed by atoms with Crippen LogP contribution in [0, 0.1) is 23.7 Å². The van der Waals surface area contributed by atoms with E-state index in [0.29, 0.717) is 0 Å². The van der Waals surface area contributed by atoms with E-state index in [4.69, 9.17) is 0 Å². The summed E-state index contributed by atoms with van der Waals surface area (Å²) < 4.78 is 2.23. The summed E-state index contributed by atoms with van der Waals surface area (Å²) in [7, 11) is 0. The van der Waals surface area contributed by atoms with E-state index in [1.807, 2.05) is 0 Å². The van der Waals surface area contributed by atoms with Crippen molar-refractivity contribution in [2.45, 2.75) is 60.6 Å². The number of aliphatic hydroxyl groups excluding tert-OH is 1. The van der Waals surface area contributed by atoms with E-state index in [-0.39, 0.29) is 6.23 Å². The van der Waals surface area contributed by atoms with Gasteiger partial charge in [-0.3, -0.25) is 4.48 Å². The van der Waals surface area contributed by atoms with E-state index < -0.39 is 0 Å². The third-order valence-electron chi connectivity index (χ3n) is 7.62. The summed E-state index contributed by atoms with van der Waals surface area (Å²) in [4.78, 5) is 0. The fourth-order valence-electron chi connectivity index (χ4n) is 5.43. The van der Waals surface area contributed by atoms with Crippen LogP contribution in [0.15, 0.2) is 0 Å². The average molecular weight is 327 g/mol. The molecule has 2 saturated heterocycles. The number of nitrogens with zero attached hydrogens (tertiary/aromatic N) is 2. The van der Waals surface area contributed by atoms with Crippen LogP contribution in [0.25, 0.3) is 0 Å². The molecule has 3 heteroatoms. The van der Waals surface area contributed by atoms with Crippen molar-refractivity contribution in [1.82, 2.24) is 0 Å². The van der Waals surface area contributed by atoms with Crippen LogP contribution in [0.2, 0.25) is 0 Å². The minimum Gasteiger partial charge on any atom is -0.345 e. The van der Waals surface area contributed by atoms with Crippen molar-refractivity contribution in [1.29, 1.82) is 0 Å². The first-order valence-electron chi connectivity index (χ1n) is 10.2. The average Bonchev–Trinajstić information content (AvgIpc) is 2.97. The normalized spacial score (nSPS) is 45.5. The molecule has 0 saturated carbocycles. The Kier molecular flexibility index (Phi) is 6.19. The second kappa shape index (κ2) is 7.41. The molecule has 0 spiro atoms. The zero-order chi connectivity index (χ0) is 17.3. The maximum Gasteiger partial charge on any atom is 0.190 e. The van der Waals surface area contributed by atoms with E-state index in [1.54, 1.807) is 0 Å². The molecule has 2 fully saturated rings. The van der Waals surface area contributed by atoms with Crippen LogP contribution in [0.3, 0.4) is 0 Å². The highest BCUT2D eigenvalue weighted by Crippen LogP contribution is 2.34. The van der Waals surface area contributed by atoms with Gasteiger partial charge in [0, 0.05) is 36.5 Å². The van der Waals surface area contributed by atoms with Gasteiger partial charge in [0.1, 0.15) is 0 Å². The molecule has 2 rings (SSSR count). The van der Waals surface area contributed by atoms with Gasteiger partial charge in [-0.25, -0.2) is 0 Å². The predicted octanol–water partition coefficient (Wildman–Crippen LogP) is 3.33. The van der Waals surface area contributed by atoms with Gasteiger partial charge < -0.3 is 9.59 Å². The van der Waals surface area contributed by atoms with Crippen LogP contribution in [0.1, 0.15) is 54.4 Å². The molecule has 0 aliphatic carbocycles. The van der Waals surface area contributed by atoms with Crippen LogP contribution in [-0.2, 0) is 0 Å². The van der Waals surface area contributed by atoms with Gasteiger partial charge in [-0.2, -0.15) is 0 Å². The number of aliphatic hydroxyl groups is 1. The van der Waals surface area contributed by atoms with Gasteiger partial charge in [0.15, 0.2) is 6.23 Å². The van der Waals surface area contributed by atoms with Crippen molar-refractivity contribution in [3.05, 3.63) is 0 Å². The maximum absolute atomic E-state index is 10.9. The highest BCUT2D eigenvalue weighted by molar-refractivity contribution is 4.72. The van der Waals surface area contributed by atoms with Gasteiger partial charge >= 0.3 is 0 Å². The fourth-order valence-corrected chi connectivity index (χ4v) is 5.43. The molecule has 136 valence electrons. The molecule has 2 aliphatic heterocycles. The van der Waals surface area contributed by atoms with E-state index in [0.717, 1.165) is 41.1 Å². The standard InChI is InChI=1S/C20H42N2O/c1-7-21(12-16(3)17(4)13-21)11-9-10-20(23)22(8-2)14-18(5)19(6)15-22/h16-20,23H,7-15H2,1-6H3/q+2. The topological polar surface area (TPSA) is 20.2 Å². The first-order valence-corrected chi connectivity index (χ1v) is 10.2. The van der Waals surface area contributed by atoms with Crippen LogP contribution < -0.4 is 0 Å². The Balaban J connectivity index is 1.88. The zero-order valence-corrected chi connectivity index (χ0v) is 16.6. The molecule has 0 aromatic rings. The molecule has 3 nitrogen and oxygen atoms in total. The molecule has 0 amide bonds. The lowest BCUT2D eigenvalue weighted by atomic mass is 10.0. The summed E-state index contributed by atoms with van der Waals surface area (Å²) in [5.74, 6) is 3.21. The van der Waals surface area contributed by atoms with E-state index >= 15 is 0 Å². The van der Waals surface area contributed by atoms with Gasteiger partial charge in [0.05, 0.1) is 45.8 Å². The van der Waals surface area contributed by atoms with Crippen molar-refractivity contribution < 1.29 is 14.1 Å². The number of quaternary nitrogens is 2. The lowest BCUT2D eigenvalue weighted by Crippen LogP contribution is -2.54. The predicted molar refractivity (Wildman–Crippen MR) is 97.8 cm³/mol. The molecule has 2 aliphatic rings. The number of rotatable bonds is 7. The summed E-state index contributed by atoms with van der Waals surface area (Å²) in [5, 5.41) is 10.9. The van der Waals surface area contributed by atoms with Crippen molar-refractivity contribution >= 4 is 0 Å². The summed E-state index contributed by atoms with van der Waals surface area (Å²) >= 11 is 0. The summed E-state index contributed by atoms with van der Waals surface area (Å²) in [5.41, 5.74) is 0. The van der Waals surface area contributed by atoms with Gasteiger partial charge in [-0.1, -0.05) is 27.7 Å².